The summed E-state index contributed by atoms with van der Waals surface area (Å²) < 4.78 is 37.3. The number of hydrogen-bond donors (Lipinski definition) is 3. The topological polar surface area (TPSA) is 106 Å². The highest BCUT2D eigenvalue weighted by Crippen LogP contribution is 2.22. The Labute approximate surface area is 177 Å². The molecule has 0 spiro atoms. The standard InChI is InChI=1S/C21H23F3N4O3/c1-13(19(29)26-12-15-6-4-3-5-7-15)27-20(30)17-10-8-16(9-11-17)18(25)28-31-14(2)21(22,23)24/h3-11,13-14H,12H2,1-2H3,(H2,25,28)(H,26,29)(H,27,30)/t13-,14?/m1/s1. The first kappa shape index (κ1) is 23.7. The van der Waals surface area contributed by atoms with E-state index in [1.165, 1.54) is 24.3 Å². The van der Waals surface area contributed by atoms with Crippen molar-refractivity contribution < 1.29 is 27.6 Å². The average molecular weight is 436 g/mol. The Balaban J connectivity index is 1.90. The molecule has 2 aromatic rings. The van der Waals surface area contributed by atoms with Gasteiger partial charge in [-0.3, -0.25) is 9.59 Å². The SMILES string of the molecule is CC(O/N=C(\N)c1ccc(C(=O)N[C@H](C)C(=O)NCc2ccccc2)cc1)C(F)(F)F. The van der Waals surface area contributed by atoms with E-state index in [-0.39, 0.29) is 22.9 Å². The largest absolute Gasteiger partial charge is 0.427 e. The van der Waals surface area contributed by atoms with Crippen LogP contribution in [0.1, 0.15) is 35.3 Å². The summed E-state index contributed by atoms with van der Waals surface area (Å²) in [7, 11) is 0. The first-order chi connectivity index (χ1) is 14.6. The van der Waals surface area contributed by atoms with Gasteiger partial charge >= 0.3 is 6.18 Å². The van der Waals surface area contributed by atoms with Crippen molar-refractivity contribution in [1.29, 1.82) is 0 Å². The van der Waals surface area contributed by atoms with E-state index >= 15 is 0 Å². The number of alkyl halides is 3. The number of benzene rings is 2. The fourth-order valence-corrected chi connectivity index (χ4v) is 2.32. The number of nitrogens with zero attached hydrogens (tertiary/aromatic N) is 1. The van der Waals surface area contributed by atoms with Crippen molar-refractivity contribution in [2.75, 3.05) is 0 Å². The van der Waals surface area contributed by atoms with E-state index in [0.29, 0.717) is 6.54 Å². The van der Waals surface area contributed by atoms with Crippen LogP contribution >= 0.6 is 0 Å². The summed E-state index contributed by atoms with van der Waals surface area (Å²) in [5, 5.41) is 8.58. The Hall–Kier alpha value is -3.56. The van der Waals surface area contributed by atoms with Gasteiger partial charge in [-0.25, -0.2) is 0 Å². The third-order valence-corrected chi connectivity index (χ3v) is 4.26. The van der Waals surface area contributed by atoms with Gasteiger partial charge in [0, 0.05) is 17.7 Å². The van der Waals surface area contributed by atoms with Gasteiger partial charge < -0.3 is 21.2 Å². The van der Waals surface area contributed by atoms with Crippen LogP contribution in [0.25, 0.3) is 0 Å². The van der Waals surface area contributed by atoms with E-state index in [1.807, 2.05) is 30.3 Å². The molecule has 0 fully saturated rings. The van der Waals surface area contributed by atoms with E-state index in [4.69, 9.17) is 5.73 Å². The molecular weight excluding hydrogens is 413 g/mol. The van der Waals surface area contributed by atoms with Crippen molar-refractivity contribution in [2.45, 2.75) is 38.7 Å². The second-order valence-corrected chi connectivity index (χ2v) is 6.74. The predicted molar refractivity (Wildman–Crippen MR) is 109 cm³/mol. The molecule has 7 nitrogen and oxygen atoms in total. The maximum absolute atomic E-state index is 12.4. The molecule has 0 aromatic heterocycles. The number of rotatable bonds is 8. The van der Waals surface area contributed by atoms with Crippen molar-refractivity contribution in [3.8, 4) is 0 Å². The second-order valence-electron chi connectivity index (χ2n) is 6.74. The molecule has 0 saturated heterocycles. The lowest BCUT2D eigenvalue weighted by atomic mass is 10.1. The molecular formula is C21H23F3N4O3. The molecule has 0 aliphatic carbocycles. The van der Waals surface area contributed by atoms with Crippen LogP contribution in [0.15, 0.2) is 59.8 Å². The fraction of sp³-hybridized carbons (Fsp3) is 0.286. The van der Waals surface area contributed by atoms with Gasteiger partial charge in [-0.15, -0.1) is 0 Å². The summed E-state index contributed by atoms with van der Waals surface area (Å²) in [5.41, 5.74) is 7.06. The zero-order valence-corrected chi connectivity index (χ0v) is 16.9. The summed E-state index contributed by atoms with van der Waals surface area (Å²) in [6, 6.07) is 14.2. The first-order valence-electron chi connectivity index (χ1n) is 9.37. The predicted octanol–water partition coefficient (Wildman–Crippen LogP) is 2.71. The fourth-order valence-electron chi connectivity index (χ4n) is 2.32. The molecule has 10 heteroatoms. The molecule has 166 valence electrons. The molecule has 4 N–H and O–H groups in total. The number of oxime groups is 1. The van der Waals surface area contributed by atoms with Crippen molar-refractivity contribution >= 4 is 17.6 Å². The summed E-state index contributed by atoms with van der Waals surface area (Å²) in [4.78, 5) is 28.9. The lowest BCUT2D eigenvalue weighted by Gasteiger charge is -2.15. The number of nitrogens with two attached hydrogens (primary N) is 1. The summed E-state index contributed by atoms with van der Waals surface area (Å²) in [5.74, 6) is -1.11. The second kappa shape index (κ2) is 10.5. The number of amidine groups is 1. The quantitative estimate of drug-likeness (QED) is 0.336. The van der Waals surface area contributed by atoms with Gasteiger partial charge in [0.05, 0.1) is 0 Å². The van der Waals surface area contributed by atoms with Crippen LogP contribution in [-0.4, -0.2) is 36.0 Å². The molecule has 31 heavy (non-hydrogen) atoms. The maximum atomic E-state index is 12.4. The molecule has 2 rings (SSSR count). The minimum Gasteiger partial charge on any atom is -0.381 e. The highest BCUT2D eigenvalue weighted by molar-refractivity contribution is 6.00. The minimum atomic E-state index is -4.56. The Morgan fingerprint density at radius 3 is 2.19 bits per heavy atom. The Bertz CT molecular complexity index is 916. The molecule has 2 atom stereocenters. The molecule has 0 heterocycles. The summed E-state index contributed by atoms with van der Waals surface area (Å²) >= 11 is 0. The number of halogens is 3. The summed E-state index contributed by atoms with van der Waals surface area (Å²) in [6.45, 7) is 2.69. The number of carbonyl (C=O) groups excluding carboxylic acids is 2. The van der Waals surface area contributed by atoms with E-state index in [2.05, 4.69) is 20.6 Å². The molecule has 0 radical (unpaired) electrons. The first-order valence-corrected chi connectivity index (χ1v) is 9.37. The Morgan fingerprint density at radius 1 is 1.03 bits per heavy atom. The average Bonchev–Trinajstić information content (AvgIpc) is 2.75. The smallest absolute Gasteiger partial charge is 0.381 e. The van der Waals surface area contributed by atoms with E-state index in [0.717, 1.165) is 12.5 Å². The van der Waals surface area contributed by atoms with Crippen LogP contribution in [0.3, 0.4) is 0 Å². The molecule has 2 aromatic carbocycles. The van der Waals surface area contributed by atoms with Crippen LogP contribution in [-0.2, 0) is 16.2 Å². The number of nitrogens with one attached hydrogen (secondary N) is 2. The van der Waals surface area contributed by atoms with Crippen molar-refractivity contribution in [3.05, 3.63) is 71.3 Å². The Kier molecular flexibility index (Phi) is 8.00. The normalized spacial score (nSPS) is 13.8. The minimum absolute atomic E-state index is 0.240. The van der Waals surface area contributed by atoms with Gasteiger partial charge in [0.2, 0.25) is 12.0 Å². The highest BCUT2D eigenvalue weighted by Gasteiger charge is 2.38. The maximum Gasteiger partial charge on any atom is 0.427 e. The van der Waals surface area contributed by atoms with Crippen LogP contribution in [0, 0.1) is 0 Å². The van der Waals surface area contributed by atoms with Crippen LogP contribution in [0.5, 0.6) is 0 Å². The molecule has 0 aliphatic rings. The van der Waals surface area contributed by atoms with Gasteiger partial charge in [-0.05, 0) is 31.5 Å². The zero-order valence-electron chi connectivity index (χ0n) is 16.9. The van der Waals surface area contributed by atoms with Gasteiger partial charge in [0.1, 0.15) is 6.04 Å². The van der Waals surface area contributed by atoms with Gasteiger partial charge in [0.25, 0.3) is 5.91 Å². The number of hydrogen-bond acceptors (Lipinski definition) is 4. The highest BCUT2D eigenvalue weighted by atomic mass is 19.4. The molecule has 0 saturated carbocycles. The van der Waals surface area contributed by atoms with E-state index in [1.54, 1.807) is 6.92 Å². The van der Waals surface area contributed by atoms with E-state index < -0.39 is 24.2 Å². The lowest BCUT2D eigenvalue weighted by molar-refractivity contribution is -0.214. The Morgan fingerprint density at radius 2 is 1.61 bits per heavy atom. The summed E-state index contributed by atoms with van der Waals surface area (Å²) in [6.07, 6.45) is -6.67. The lowest BCUT2D eigenvalue weighted by Crippen LogP contribution is -2.44. The number of amides is 2. The van der Waals surface area contributed by atoms with Crippen molar-refractivity contribution in [1.82, 2.24) is 10.6 Å². The molecule has 0 aliphatic heterocycles. The molecule has 0 bridgehead atoms. The van der Waals surface area contributed by atoms with Crippen LogP contribution in [0.4, 0.5) is 13.2 Å². The van der Waals surface area contributed by atoms with Crippen molar-refractivity contribution in [2.24, 2.45) is 10.9 Å². The monoisotopic (exact) mass is 436 g/mol. The van der Waals surface area contributed by atoms with Crippen LogP contribution < -0.4 is 16.4 Å². The zero-order chi connectivity index (χ0) is 23.0. The van der Waals surface area contributed by atoms with Crippen molar-refractivity contribution in [3.63, 3.8) is 0 Å². The van der Waals surface area contributed by atoms with Gasteiger partial charge in [-0.1, -0.05) is 47.6 Å². The molecule has 2 amide bonds. The third-order valence-electron chi connectivity index (χ3n) is 4.26. The molecule has 1 unspecified atom stereocenters. The van der Waals surface area contributed by atoms with Crippen LogP contribution in [0.2, 0.25) is 0 Å². The third kappa shape index (κ3) is 7.32. The van der Waals surface area contributed by atoms with Gasteiger partial charge in [0.15, 0.2) is 5.84 Å². The number of carbonyl (C=O) groups is 2. The van der Waals surface area contributed by atoms with E-state index in [9.17, 15) is 22.8 Å². The van der Waals surface area contributed by atoms with Gasteiger partial charge in [-0.2, -0.15) is 13.2 Å².